The Morgan fingerprint density at radius 1 is 1.15 bits per heavy atom. The second-order valence-corrected chi connectivity index (χ2v) is 8.56. The largest absolute Gasteiger partial charge is 0.497 e. The first-order valence-corrected chi connectivity index (χ1v) is 10.7. The van der Waals surface area contributed by atoms with Crippen LogP contribution in [0.1, 0.15) is 13.3 Å². The van der Waals surface area contributed by atoms with Crippen LogP contribution in [0.15, 0.2) is 42.5 Å². The Morgan fingerprint density at radius 3 is 2.15 bits per heavy atom. The van der Waals surface area contributed by atoms with Crippen LogP contribution in [-0.2, 0) is 14.8 Å². The van der Waals surface area contributed by atoms with Gasteiger partial charge >= 0.3 is 0 Å². The van der Waals surface area contributed by atoms with Gasteiger partial charge in [0, 0.05) is 15.7 Å². The van der Waals surface area contributed by atoms with Gasteiger partial charge in [-0.3, -0.25) is 9.10 Å². The number of nitrogens with one attached hydrogen (secondary N) is 1. The van der Waals surface area contributed by atoms with E-state index < -0.39 is 22.0 Å². The number of halogens is 2. The summed E-state index contributed by atoms with van der Waals surface area (Å²) in [4.78, 5) is 12.8. The second-order valence-electron chi connectivity index (χ2n) is 5.83. The fraction of sp³-hybridized carbons (Fsp3) is 0.278. The number of amides is 1. The van der Waals surface area contributed by atoms with Crippen LogP contribution in [0.2, 0.25) is 10.0 Å². The maximum absolute atomic E-state index is 12.8. The Morgan fingerprint density at radius 2 is 1.70 bits per heavy atom. The summed E-state index contributed by atoms with van der Waals surface area (Å²) in [6, 6.07) is 10.2. The van der Waals surface area contributed by atoms with Crippen LogP contribution < -0.4 is 14.4 Å². The molecule has 0 bridgehead atoms. The summed E-state index contributed by atoms with van der Waals surface area (Å²) in [5, 5.41) is 3.28. The maximum atomic E-state index is 12.8. The van der Waals surface area contributed by atoms with E-state index in [4.69, 9.17) is 27.9 Å². The molecule has 0 aliphatic heterocycles. The van der Waals surface area contributed by atoms with Crippen molar-refractivity contribution in [2.45, 2.75) is 19.4 Å². The molecule has 6 nitrogen and oxygen atoms in total. The van der Waals surface area contributed by atoms with Crippen LogP contribution >= 0.6 is 23.2 Å². The molecule has 27 heavy (non-hydrogen) atoms. The van der Waals surface area contributed by atoms with Gasteiger partial charge in [0.1, 0.15) is 11.8 Å². The zero-order chi connectivity index (χ0) is 20.2. The third kappa shape index (κ3) is 5.51. The normalized spacial score (nSPS) is 12.3. The first kappa shape index (κ1) is 21.3. The predicted octanol–water partition coefficient (Wildman–Crippen LogP) is 4.19. The molecule has 146 valence electrons. The fourth-order valence-electron chi connectivity index (χ4n) is 2.63. The summed E-state index contributed by atoms with van der Waals surface area (Å²) < 4.78 is 31.0. The Hall–Kier alpha value is -1.96. The molecule has 0 saturated carbocycles. The Balaban J connectivity index is 2.37. The quantitative estimate of drug-likeness (QED) is 0.714. The molecule has 0 aliphatic carbocycles. The Bertz CT molecular complexity index is 897. The second kappa shape index (κ2) is 8.82. The molecule has 0 fully saturated rings. The number of anilines is 2. The van der Waals surface area contributed by atoms with Gasteiger partial charge in [-0.1, -0.05) is 30.1 Å². The number of sulfonamides is 1. The predicted molar refractivity (Wildman–Crippen MR) is 109 cm³/mol. The van der Waals surface area contributed by atoms with Crippen LogP contribution in [0.25, 0.3) is 0 Å². The highest BCUT2D eigenvalue weighted by atomic mass is 35.5. The van der Waals surface area contributed by atoms with E-state index in [1.165, 1.54) is 18.2 Å². The number of methoxy groups -OCH3 is 1. The van der Waals surface area contributed by atoms with Crippen molar-refractivity contribution >= 4 is 50.5 Å². The van der Waals surface area contributed by atoms with Gasteiger partial charge in [0.2, 0.25) is 15.9 Å². The molecule has 1 N–H and O–H groups in total. The maximum Gasteiger partial charge on any atom is 0.248 e. The number of hydrogen-bond acceptors (Lipinski definition) is 4. The van der Waals surface area contributed by atoms with Gasteiger partial charge in [-0.15, -0.1) is 0 Å². The van der Waals surface area contributed by atoms with Gasteiger partial charge in [0.25, 0.3) is 0 Å². The molecule has 0 saturated heterocycles. The van der Waals surface area contributed by atoms with E-state index >= 15 is 0 Å². The van der Waals surface area contributed by atoms with Crippen molar-refractivity contribution in [3.63, 3.8) is 0 Å². The van der Waals surface area contributed by atoms with Gasteiger partial charge in [-0.25, -0.2) is 8.42 Å². The van der Waals surface area contributed by atoms with Crippen molar-refractivity contribution in [3.8, 4) is 5.75 Å². The molecule has 1 amide bonds. The average molecular weight is 431 g/mol. The molecule has 2 aromatic rings. The topological polar surface area (TPSA) is 75.7 Å². The number of nitrogens with zero attached hydrogens (tertiary/aromatic N) is 1. The fourth-order valence-corrected chi connectivity index (χ4v) is 4.34. The first-order valence-electron chi connectivity index (χ1n) is 8.06. The number of ether oxygens (including phenoxy) is 1. The minimum absolute atomic E-state index is 0.228. The SMILES string of the molecule is CC[C@H](C(=O)Nc1ccc(OC)cc1)N(c1cc(Cl)cc(Cl)c1)S(C)(=O)=O. The van der Waals surface area contributed by atoms with Gasteiger partial charge in [-0.05, 0) is 48.9 Å². The number of rotatable bonds is 7. The van der Waals surface area contributed by atoms with E-state index in [1.807, 2.05) is 0 Å². The highest BCUT2D eigenvalue weighted by molar-refractivity contribution is 7.92. The van der Waals surface area contributed by atoms with E-state index in [9.17, 15) is 13.2 Å². The Labute approximate surface area is 169 Å². The lowest BCUT2D eigenvalue weighted by Gasteiger charge is -2.30. The molecule has 1 atom stereocenters. The minimum atomic E-state index is -3.78. The standard InChI is InChI=1S/C18H20Cl2N2O4S/c1-4-17(18(23)21-14-5-7-16(26-2)8-6-14)22(27(3,24)25)15-10-12(19)9-13(20)11-15/h5-11,17H,4H2,1-3H3,(H,21,23)/t17-/m1/s1. The first-order chi connectivity index (χ1) is 12.7. The molecule has 2 rings (SSSR count). The molecular formula is C18H20Cl2N2O4S. The van der Waals surface area contributed by atoms with Crippen molar-refractivity contribution in [2.75, 3.05) is 23.0 Å². The van der Waals surface area contributed by atoms with Gasteiger partial charge in [0.15, 0.2) is 0 Å². The molecule has 0 aromatic heterocycles. The zero-order valence-corrected chi connectivity index (χ0v) is 17.4. The van der Waals surface area contributed by atoms with Crippen LogP contribution in [-0.4, -0.2) is 33.7 Å². The van der Waals surface area contributed by atoms with Crippen LogP contribution in [0.5, 0.6) is 5.75 Å². The molecule has 2 aromatic carbocycles. The molecule has 0 aliphatic rings. The van der Waals surface area contributed by atoms with Crippen molar-refractivity contribution < 1.29 is 17.9 Å². The molecular weight excluding hydrogens is 411 g/mol. The summed E-state index contributed by atoms with van der Waals surface area (Å²) in [5.74, 6) is 0.176. The highest BCUT2D eigenvalue weighted by Gasteiger charge is 2.32. The van der Waals surface area contributed by atoms with E-state index in [0.29, 0.717) is 11.4 Å². The highest BCUT2D eigenvalue weighted by Crippen LogP contribution is 2.29. The summed E-state index contributed by atoms with van der Waals surface area (Å²) in [6.07, 6.45) is 1.28. The monoisotopic (exact) mass is 430 g/mol. The molecule has 0 radical (unpaired) electrons. The lowest BCUT2D eigenvalue weighted by atomic mass is 10.1. The summed E-state index contributed by atoms with van der Waals surface area (Å²) in [5.41, 5.74) is 0.753. The van der Waals surface area contributed by atoms with Gasteiger partial charge in [-0.2, -0.15) is 0 Å². The van der Waals surface area contributed by atoms with Gasteiger partial charge < -0.3 is 10.1 Å². The lowest BCUT2D eigenvalue weighted by Crippen LogP contribution is -2.47. The van der Waals surface area contributed by atoms with E-state index in [1.54, 1.807) is 38.3 Å². The summed E-state index contributed by atoms with van der Waals surface area (Å²) in [7, 11) is -2.23. The summed E-state index contributed by atoms with van der Waals surface area (Å²) in [6.45, 7) is 1.72. The van der Waals surface area contributed by atoms with E-state index in [0.717, 1.165) is 10.6 Å². The molecule has 0 heterocycles. The number of benzene rings is 2. The van der Waals surface area contributed by atoms with Crippen LogP contribution in [0, 0.1) is 0 Å². The van der Waals surface area contributed by atoms with Crippen LogP contribution in [0.4, 0.5) is 11.4 Å². The minimum Gasteiger partial charge on any atom is -0.497 e. The number of carbonyl (C=O) groups is 1. The summed E-state index contributed by atoms with van der Waals surface area (Å²) >= 11 is 12.0. The van der Waals surface area contributed by atoms with Crippen molar-refractivity contribution in [2.24, 2.45) is 0 Å². The third-order valence-corrected chi connectivity index (χ3v) is 5.41. The van der Waals surface area contributed by atoms with Crippen molar-refractivity contribution in [3.05, 3.63) is 52.5 Å². The molecule has 0 unspecified atom stereocenters. The Kier molecular flexibility index (Phi) is 6.97. The van der Waals surface area contributed by atoms with E-state index in [-0.39, 0.29) is 22.2 Å². The van der Waals surface area contributed by atoms with Crippen molar-refractivity contribution in [1.29, 1.82) is 0 Å². The average Bonchev–Trinajstić information content (AvgIpc) is 2.58. The smallest absolute Gasteiger partial charge is 0.248 e. The van der Waals surface area contributed by atoms with Crippen molar-refractivity contribution in [1.82, 2.24) is 0 Å². The number of hydrogen-bond donors (Lipinski definition) is 1. The lowest BCUT2D eigenvalue weighted by molar-refractivity contribution is -0.117. The molecule has 9 heteroatoms. The van der Waals surface area contributed by atoms with Gasteiger partial charge in [0.05, 0.1) is 19.1 Å². The van der Waals surface area contributed by atoms with E-state index in [2.05, 4.69) is 5.32 Å². The number of carbonyl (C=O) groups excluding carboxylic acids is 1. The zero-order valence-electron chi connectivity index (χ0n) is 15.1. The van der Waals surface area contributed by atoms with Crippen LogP contribution in [0.3, 0.4) is 0 Å². The third-order valence-electron chi connectivity index (χ3n) is 3.79. The molecule has 0 spiro atoms.